The lowest BCUT2D eigenvalue weighted by Crippen LogP contribution is -2.53. The minimum atomic E-state index is -4.75. The molecule has 3 aromatic rings. The Morgan fingerprint density at radius 2 is 1.60 bits per heavy atom. The Hall–Kier alpha value is -4.06. The third-order valence-corrected chi connectivity index (χ3v) is 8.73. The Labute approximate surface area is 250 Å². The summed E-state index contributed by atoms with van der Waals surface area (Å²) in [5, 5.41) is 2.88. The fourth-order valence-corrected chi connectivity index (χ4v) is 5.84. The topological polar surface area (TPSA) is 96.0 Å². The number of benzene rings is 3. The summed E-state index contributed by atoms with van der Waals surface area (Å²) < 4.78 is 74.5. The molecule has 2 atom stereocenters. The number of nitrogens with one attached hydrogen (secondary N) is 1. The standard InChI is InChI=1S/C31H36F3N3O5S/c1-5-22(3)35-30(39)28(6-2)36(20-23-12-10-15-26(18-23)42-4)29(38)21-37(43(40,41)27-16-8-7-9-17-27)25-14-11-13-24(19-25)31(32,33)34/h7-19,22,28H,5-6,20-21H2,1-4H3,(H,35,39)/t22-,28+/m0/s1. The van der Waals surface area contributed by atoms with Gasteiger partial charge in [0.25, 0.3) is 10.0 Å². The number of anilines is 1. The highest BCUT2D eigenvalue weighted by atomic mass is 32.2. The number of carbonyl (C=O) groups excluding carboxylic acids is 2. The Kier molecular flexibility index (Phi) is 11.2. The maximum Gasteiger partial charge on any atom is 0.416 e. The van der Waals surface area contributed by atoms with Gasteiger partial charge in [-0.05, 0) is 67.8 Å². The van der Waals surface area contributed by atoms with Crippen molar-refractivity contribution in [1.82, 2.24) is 10.2 Å². The molecule has 2 amide bonds. The highest BCUT2D eigenvalue weighted by Crippen LogP contribution is 2.33. The van der Waals surface area contributed by atoms with Gasteiger partial charge >= 0.3 is 6.18 Å². The van der Waals surface area contributed by atoms with Gasteiger partial charge in [0.15, 0.2) is 0 Å². The molecule has 0 spiro atoms. The number of halogens is 3. The van der Waals surface area contributed by atoms with Crippen LogP contribution in [-0.4, -0.2) is 50.9 Å². The van der Waals surface area contributed by atoms with Gasteiger partial charge in [-0.1, -0.05) is 50.2 Å². The molecule has 0 aliphatic carbocycles. The van der Waals surface area contributed by atoms with Crippen molar-refractivity contribution in [3.63, 3.8) is 0 Å². The van der Waals surface area contributed by atoms with Crippen LogP contribution in [0.3, 0.4) is 0 Å². The molecule has 0 heterocycles. The molecule has 0 unspecified atom stereocenters. The van der Waals surface area contributed by atoms with Gasteiger partial charge in [-0.25, -0.2) is 8.42 Å². The zero-order valence-corrected chi connectivity index (χ0v) is 25.3. The lowest BCUT2D eigenvalue weighted by atomic mass is 10.1. The predicted octanol–water partition coefficient (Wildman–Crippen LogP) is 5.63. The van der Waals surface area contributed by atoms with Crippen LogP contribution in [0.2, 0.25) is 0 Å². The van der Waals surface area contributed by atoms with E-state index in [1.165, 1.54) is 42.3 Å². The summed E-state index contributed by atoms with van der Waals surface area (Å²) in [6.45, 7) is 4.50. The summed E-state index contributed by atoms with van der Waals surface area (Å²) in [5.74, 6) is -0.685. The fourth-order valence-electron chi connectivity index (χ4n) is 4.41. The van der Waals surface area contributed by atoms with E-state index in [4.69, 9.17) is 4.74 Å². The van der Waals surface area contributed by atoms with Crippen LogP contribution < -0.4 is 14.4 Å². The van der Waals surface area contributed by atoms with E-state index in [0.717, 1.165) is 12.1 Å². The number of hydrogen-bond acceptors (Lipinski definition) is 5. The van der Waals surface area contributed by atoms with Crippen molar-refractivity contribution in [2.45, 2.75) is 63.3 Å². The van der Waals surface area contributed by atoms with Gasteiger partial charge < -0.3 is 15.0 Å². The quantitative estimate of drug-likeness (QED) is 0.268. The SMILES string of the molecule is CC[C@H](C(=O)N[C@@H](C)CC)N(Cc1cccc(OC)c1)C(=O)CN(c1cccc(C(F)(F)F)c1)S(=O)(=O)c1ccccc1. The van der Waals surface area contributed by atoms with E-state index in [0.29, 0.717) is 28.1 Å². The summed E-state index contributed by atoms with van der Waals surface area (Å²) in [7, 11) is -3.02. The van der Waals surface area contributed by atoms with Gasteiger partial charge in [0.1, 0.15) is 18.3 Å². The predicted molar refractivity (Wildman–Crippen MR) is 158 cm³/mol. The van der Waals surface area contributed by atoms with Crippen molar-refractivity contribution in [3.8, 4) is 5.75 Å². The molecular weight excluding hydrogens is 583 g/mol. The largest absolute Gasteiger partial charge is 0.497 e. The molecule has 0 fully saturated rings. The third-order valence-electron chi connectivity index (χ3n) is 6.95. The molecule has 12 heteroatoms. The summed E-state index contributed by atoms with van der Waals surface area (Å²) in [5.41, 5.74) is -0.803. The monoisotopic (exact) mass is 619 g/mol. The minimum absolute atomic E-state index is 0.0791. The molecule has 0 aliphatic heterocycles. The summed E-state index contributed by atoms with van der Waals surface area (Å²) >= 11 is 0. The van der Waals surface area contributed by atoms with Crippen molar-refractivity contribution >= 4 is 27.5 Å². The minimum Gasteiger partial charge on any atom is -0.497 e. The van der Waals surface area contributed by atoms with Crippen molar-refractivity contribution in [3.05, 3.63) is 90.0 Å². The zero-order chi connectivity index (χ0) is 31.8. The van der Waals surface area contributed by atoms with E-state index in [9.17, 15) is 31.2 Å². The number of carbonyl (C=O) groups is 2. The molecule has 43 heavy (non-hydrogen) atoms. The second-order valence-electron chi connectivity index (χ2n) is 9.99. The van der Waals surface area contributed by atoms with Gasteiger partial charge in [0.05, 0.1) is 23.3 Å². The van der Waals surface area contributed by atoms with Crippen molar-refractivity contribution < 1.29 is 35.9 Å². The number of sulfonamides is 1. The van der Waals surface area contributed by atoms with Crippen LogP contribution in [0.4, 0.5) is 18.9 Å². The summed E-state index contributed by atoms with van der Waals surface area (Å²) in [4.78, 5) is 28.5. The first-order valence-electron chi connectivity index (χ1n) is 13.8. The Morgan fingerprint density at radius 3 is 2.21 bits per heavy atom. The lowest BCUT2D eigenvalue weighted by Gasteiger charge is -2.34. The van der Waals surface area contributed by atoms with Gasteiger partial charge in [0, 0.05) is 12.6 Å². The molecule has 3 rings (SSSR count). The number of amides is 2. The maximum atomic E-state index is 14.1. The number of alkyl halides is 3. The first-order chi connectivity index (χ1) is 20.3. The number of hydrogen-bond donors (Lipinski definition) is 1. The average Bonchev–Trinajstić information content (AvgIpc) is 2.99. The van der Waals surface area contributed by atoms with Crippen molar-refractivity contribution in [2.24, 2.45) is 0 Å². The molecular formula is C31H36F3N3O5S. The molecule has 0 saturated heterocycles. The first kappa shape index (κ1) is 33.4. The van der Waals surface area contributed by atoms with Crippen LogP contribution in [0.5, 0.6) is 5.75 Å². The van der Waals surface area contributed by atoms with Crippen LogP contribution in [0, 0.1) is 0 Å². The van der Waals surface area contributed by atoms with Crippen molar-refractivity contribution in [1.29, 1.82) is 0 Å². The van der Waals surface area contributed by atoms with E-state index in [1.807, 2.05) is 13.8 Å². The van der Waals surface area contributed by atoms with E-state index in [2.05, 4.69) is 5.32 Å². The molecule has 8 nitrogen and oxygen atoms in total. The lowest BCUT2D eigenvalue weighted by molar-refractivity contribution is -0.140. The van der Waals surface area contributed by atoms with Crippen LogP contribution in [0.15, 0.2) is 83.8 Å². The number of ether oxygens (including phenoxy) is 1. The van der Waals surface area contributed by atoms with Gasteiger partial charge in [-0.3, -0.25) is 13.9 Å². The highest BCUT2D eigenvalue weighted by molar-refractivity contribution is 7.92. The molecule has 232 valence electrons. The maximum absolute atomic E-state index is 14.1. The van der Waals surface area contributed by atoms with Crippen LogP contribution >= 0.6 is 0 Å². The molecule has 0 saturated carbocycles. The normalized spacial score (nSPS) is 13.1. The number of methoxy groups -OCH3 is 1. The van der Waals surface area contributed by atoms with E-state index in [-0.39, 0.29) is 29.6 Å². The van der Waals surface area contributed by atoms with Crippen LogP contribution in [0.1, 0.15) is 44.7 Å². The number of rotatable bonds is 13. The molecule has 1 N–H and O–H groups in total. The molecule has 0 radical (unpaired) electrons. The van der Waals surface area contributed by atoms with Crippen molar-refractivity contribution in [2.75, 3.05) is 18.0 Å². The Balaban J connectivity index is 2.12. The number of nitrogens with zero attached hydrogens (tertiary/aromatic N) is 2. The summed E-state index contributed by atoms with van der Waals surface area (Å²) in [6.07, 6.45) is -3.90. The Bertz CT molecular complexity index is 1500. The third kappa shape index (κ3) is 8.50. The highest BCUT2D eigenvalue weighted by Gasteiger charge is 2.36. The Morgan fingerprint density at radius 1 is 0.930 bits per heavy atom. The van der Waals surface area contributed by atoms with Crippen LogP contribution in [0.25, 0.3) is 0 Å². The second kappa shape index (κ2) is 14.4. The van der Waals surface area contributed by atoms with Crippen LogP contribution in [-0.2, 0) is 32.3 Å². The molecule has 0 bridgehead atoms. The molecule has 3 aromatic carbocycles. The second-order valence-corrected chi connectivity index (χ2v) is 11.9. The summed E-state index contributed by atoms with van der Waals surface area (Å²) in [6, 6.07) is 16.6. The zero-order valence-electron chi connectivity index (χ0n) is 24.5. The molecule has 0 aliphatic rings. The first-order valence-corrected chi connectivity index (χ1v) is 15.2. The average molecular weight is 620 g/mol. The fraction of sp³-hybridized carbons (Fsp3) is 0.355. The smallest absolute Gasteiger partial charge is 0.416 e. The van der Waals surface area contributed by atoms with Gasteiger partial charge in [-0.15, -0.1) is 0 Å². The van der Waals surface area contributed by atoms with E-state index >= 15 is 0 Å². The van der Waals surface area contributed by atoms with Gasteiger partial charge in [0.2, 0.25) is 11.8 Å². The van der Waals surface area contributed by atoms with Gasteiger partial charge in [-0.2, -0.15) is 13.2 Å². The molecule has 0 aromatic heterocycles. The van der Waals surface area contributed by atoms with E-state index in [1.54, 1.807) is 37.3 Å². The van der Waals surface area contributed by atoms with E-state index < -0.39 is 46.2 Å².